The van der Waals surface area contributed by atoms with Crippen LogP contribution >= 0.6 is 23.2 Å². The number of carbonyl (C=O) groups is 2. The van der Waals surface area contributed by atoms with Gasteiger partial charge in [0, 0.05) is 24.7 Å². The molecule has 0 radical (unpaired) electrons. The highest BCUT2D eigenvalue weighted by atomic mass is 35.5. The maximum absolute atomic E-state index is 12.2. The largest absolute Gasteiger partial charge is 0.337 e. The Bertz CT molecular complexity index is 992. The van der Waals surface area contributed by atoms with Crippen molar-refractivity contribution in [2.24, 2.45) is 0 Å². The molecule has 2 aromatic carbocycles. The molecule has 0 aliphatic rings. The molecule has 0 bridgehead atoms. The molecule has 3 amide bonds. The van der Waals surface area contributed by atoms with Crippen LogP contribution in [0.25, 0.3) is 0 Å². The standard InChI is InChI=1S/C20H19Cl2N5O2/c21-16-8-4-5-14(19(16)22)13-27-17(9-12-24-27)26-18(28)10-11-23-20(29)25-15-6-2-1-3-7-15/h1-9,12H,10-11,13H2,(H,26,28)(H2,23,25,29). The van der Waals surface area contributed by atoms with Crippen molar-refractivity contribution in [1.29, 1.82) is 0 Å². The summed E-state index contributed by atoms with van der Waals surface area (Å²) in [5, 5.41) is 13.2. The molecule has 0 unspecified atom stereocenters. The topological polar surface area (TPSA) is 88.1 Å². The van der Waals surface area contributed by atoms with Crippen LogP contribution in [0.4, 0.5) is 16.3 Å². The number of anilines is 2. The Morgan fingerprint density at radius 3 is 2.55 bits per heavy atom. The predicted octanol–water partition coefficient (Wildman–Crippen LogP) is 4.39. The van der Waals surface area contributed by atoms with E-state index in [1.807, 2.05) is 24.3 Å². The van der Waals surface area contributed by atoms with Gasteiger partial charge in [-0.1, -0.05) is 53.5 Å². The molecule has 1 heterocycles. The van der Waals surface area contributed by atoms with E-state index in [4.69, 9.17) is 23.2 Å². The summed E-state index contributed by atoms with van der Waals surface area (Å²) < 4.78 is 1.62. The second kappa shape index (κ2) is 9.95. The van der Waals surface area contributed by atoms with Crippen LogP contribution < -0.4 is 16.0 Å². The Balaban J connectivity index is 1.48. The van der Waals surface area contributed by atoms with Crippen LogP contribution in [0.1, 0.15) is 12.0 Å². The molecule has 1 aromatic heterocycles. The van der Waals surface area contributed by atoms with E-state index in [9.17, 15) is 9.59 Å². The first-order valence-electron chi connectivity index (χ1n) is 8.87. The molecule has 0 atom stereocenters. The molecule has 0 aliphatic heterocycles. The van der Waals surface area contributed by atoms with Gasteiger partial charge in [0.25, 0.3) is 0 Å². The van der Waals surface area contributed by atoms with E-state index in [-0.39, 0.29) is 24.9 Å². The third kappa shape index (κ3) is 5.97. The normalized spacial score (nSPS) is 10.4. The molecule has 150 valence electrons. The van der Waals surface area contributed by atoms with Crippen molar-refractivity contribution in [2.45, 2.75) is 13.0 Å². The minimum Gasteiger partial charge on any atom is -0.337 e. The average Bonchev–Trinajstić information content (AvgIpc) is 3.13. The highest BCUT2D eigenvalue weighted by molar-refractivity contribution is 6.42. The van der Waals surface area contributed by atoms with Crippen molar-refractivity contribution in [1.82, 2.24) is 15.1 Å². The Morgan fingerprint density at radius 1 is 0.966 bits per heavy atom. The number of rotatable bonds is 7. The van der Waals surface area contributed by atoms with Crippen LogP contribution in [0.2, 0.25) is 10.0 Å². The van der Waals surface area contributed by atoms with Crippen LogP contribution in [-0.2, 0) is 11.3 Å². The van der Waals surface area contributed by atoms with Crippen molar-refractivity contribution in [3.05, 3.63) is 76.4 Å². The summed E-state index contributed by atoms with van der Waals surface area (Å²) in [6.45, 7) is 0.554. The van der Waals surface area contributed by atoms with Gasteiger partial charge in [-0.15, -0.1) is 0 Å². The van der Waals surface area contributed by atoms with Crippen molar-refractivity contribution in [3.8, 4) is 0 Å². The third-order valence-electron chi connectivity index (χ3n) is 4.00. The number of para-hydroxylation sites is 1. The Morgan fingerprint density at radius 2 is 1.76 bits per heavy atom. The van der Waals surface area contributed by atoms with Crippen molar-refractivity contribution < 1.29 is 9.59 Å². The summed E-state index contributed by atoms with van der Waals surface area (Å²) in [5.41, 5.74) is 1.47. The second-order valence-corrected chi connectivity index (χ2v) is 6.92. The van der Waals surface area contributed by atoms with E-state index in [1.165, 1.54) is 0 Å². The fourth-order valence-corrected chi connectivity index (χ4v) is 2.97. The molecule has 0 aliphatic carbocycles. The van der Waals surface area contributed by atoms with Gasteiger partial charge in [-0.3, -0.25) is 4.79 Å². The van der Waals surface area contributed by atoms with E-state index in [2.05, 4.69) is 21.0 Å². The van der Waals surface area contributed by atoms with Gasteiger partial charge < -0.3 is 16.0 Å². The molecule has 3 aromatic rings. The van der Waals surface area contributed by atoms with Gasteiger partial charge in [-0.05, 0) is 23.8 Å². The second-order valence-electron chi connectivity index (χ2n) is 6.13. The first kappa shape index (κ1) is 20.7. The van der Waals surface area contributed by atoms with E-state index in [1.54, 1.807) is 41.2 Å². The van der Waals surface area contributed by atoms with E-state index >= 15 is 0 Å². The van der Waals surface area contributed by atoms with Crippen LogP contribution in [0.3, 0.4) is 0 Å². The Labute approximate surface area is 178 Å². The number of nitrogens with zero attached hydrogens (tertiary/aromatic N) is 2. The first-order valence-corrected chi connectivity index (χ1v) is 9.63. The number of aromatic nitrogens is 2. The smallest absolute Gasteiger partial charge is 0.319 e. The summed E-state index contributed by atoms with van der Waals surface area (Å²) in [6, 6.07) is 15.7. The molecule has 0 spiro atoms. The third-order valence-corrected chi connectivity index (χ3v) is 4.86. The Kier molecular flexibility index (Phi) is 7.10. The number of hydrogen-bond donors (Lipinski definition) is 3. The molecule has 0 fully saturated rings. The van der Waals surface area contributed by atoms with Crippen LogP contribution in [0, 0.1) is 0 Å². The molecule has 9 heteroatoms. The molecule has 7 nitrogen and oxygen atoms in total. The molecule has 3 rings (SSSR count). The van der Waals surface area contributed by atoms with Crippen molar-refractivity contribution in [3.63, 3.8) is 0 Å². The van der Waals surface area contributed by atoms with Gasteiger partial charge in [0.05, 0.1) is 22.8 Å². The zero-order valence-electron chi connectivity index (χ0n) is 15.4. The van der Waals surface area contributed by atoms with Crippen LogP contribution in [-0.4, -0.2) is 28.3 Å². The van der Waals surface area contributed by atoms with E-state index in [0.717, 1.165) is 5.56 Å². The highest BCUT2D eigenvalue weighted by Crippen LogP contribution is 2.26. The maximum Gasteiger partial charge on any atom is 0.319 e. The van der Waals surface area contributed by atoms with Crippen LogP contribution in [0.15, 0.2) is 60.8 Å². The van der Waals surface area contributed by atoms with Gasteiger partial charge in [0.15, 0.2) is 0 Å². The fraction of sp³-hybridized carbons (Fsp3) is 0.150. The first-order chi connectivity index (χ1) is 14.0. The van der Waals surface area contributed by atoms with Gasteiger partial charge in [0.1, 0.15) is 5.82 Å². The number of halogens is 2. The number of hydrogen-bond acceptors (Lipinski definition) is 3. The lowest BCUT2D eigenvalue weighted by atomic mass is 10.2. The summed E-state index contributed by atoms with van der Waals surface area (Å²) >= 11 is 12.3. The minimum atomic E-state index is -0.371. The molecular formula is C20H19Cl2N5O2. The Hall–Kier alpha value is -3.03. The van der Waals surface area contributed by atoms with Gasteiger partial charge in [-0.2, -0.15) is 5.10 Å². The van der Waals surface area contributed by atoms with Gasteiger partial charge >= 0.3 is 6.03 Å². The number of urea groups is 1. The molecule has 0 saturated carbocycles. The molecule has 0 saturated heterocycles. The lowest BCUT2D eigenvalue weighted by molar-refractivity contribution is -0.116. The van der Waals surface area contributed by atoms with Crippen LogP contribution in [0.5, 0.6) is 0 Å². The average molecular weight is 432 g/mol. The molecule has 3 N–H and O–H groups in total. The quantitative estimate of drug-likeness (QED) is 0.518. The molecular weight excluding hydrogens is 413 g/mol. The predicted molar refractivity (Wildman–Crippen MR) is 115 cm³/mol. The minimum absolute atomic E-state index is 0.116. The number of amides is 3. The summed E-state index contributed by atoms with van der Waals surface area (Å²) in [7, 11) is 0. The SMILES string of the molecule is O=C(CCNC(=O)Nc1ccccc1)Nc1ccnn1Cc1cccc(Cl)c1Cl. The number of carbonyl (C=O) groups excluding carboxylic acids is 2. The lowest BCUT2D eigenvalue weighted by Crippen LogP contribution is -2.31. The van der Waals surface area contributed by atoms with Gasteiger partial charge in [0.2, 0.25) is 5.91 Å². The van der Waals surface area contributed by atoms with Crippen molar-refractivity contribution in [2.75, 3.05) is 17.2 Å². The maximum atomic E-state index is 12.2. The fourth-order valence-electron chi connectivity index (χ4n) is 2.59. The number of nitrogens with one attached hydrogen (secondary N) is 3. The summed E-state index contributed by atoms with van der Waals surface area (Å²) in [4.78, 5) is 24.0. The summed E-state index contributed by atoms with van der Waals surface area (Å²) in [6.07, 6.45) is 1.70. The molecule has 29 heavy (non-hydrogen) atoms. The number of benzene rings is 2. The zero-order chi connectivity index (χ0) is 20.6. The van der Waals surface area contributed by atoms with Gasteiger partial charge in [-0.25, -0.2) is 9.48 Å². The van der Waals surface area contributed by atoms with E-state index in [0.29, 0.717) is 28.1 Å². The lowest BCUT2D eigenvalue weighted by Gasteiger charge is -2.11. The van der Waals surface area contributed by atoms with E-state index < -0.39 is 0 Å². The highest BCUT2D eigenvalue weighted by Gasteiger charge is 2.11. The monoisotopic (exact) mass is 431 g/mol. The summed E-state index contributed by atoms with van der Waals surface area (Å²) in [5.74, 6) is 0.281. The van der Waals surface area contributed by atoms with Crippen molar-refractivity contribution >= 4 is 46.6 Å². The zero-order valence-corrected chi connectivity index (χ0v) is 16.9.